The number of benzene rings is 1. The summed E-state index contributed by atoms with van der Waals surface area (Å²) in [7, 11) is -3.50. The third-order valence-corrected chi connectivity index (χ3v) is 6.05. The van der Waals surface area contributed by atoms with E-state index < -0.39 is 15.8 Å². The van der Waals surface area contributed by atoms with Gasteiger partial charge in [0.25, 0.3) is 0 Å². The molecule has 2 aromatic rings. The lowest BCUT2D eigenvalue weighted by atomic mass is 9.91. The molecule has 0 aliphatic rings. The molecule has 0 bridgehead atoms. The Morgan fingerprint density at radius 1 is 1.10 bits per heavy atom. The highest BCUT2D eigenvalue weighted by atomic mass is 32.2. The van der Waals surface area contributed by atoms with Crippen LogP contribution in [-0.2, 0) is 21.2 Å². The summed E-state index contributed by atoms with van der Waals surface area (Å²) in [6, 6.07) is 2.96. The van der Waals surface area contributed by atoms with E-state index >= 15 is 0 Å². The molecule has 1 aromatic heterocycles. The van der Waals surface area contributed by atoms with Gasteiger partial charge in [-0.25, -0.2) is 13.1 Å². The molecular weight excluding hydrogens is 404 g/mol. The number of esters is 1. The van der Waals surface area contributed by atoms with Gasteiger partial charge in [0.15, 0.2) is 15.6 Å². The highest BCUT2D eigenvalue weighted by Crippen LogP contribution is 2.33. The minimum Gasteiger partial charge on any atom is -0.407 e. The molecule has 0 amide bonds. The molecule has 30 heavy (non-hydrogen) atoms. The number of hydrogen-bond acceptors (Lipinski definition) is 6. The van der Waals surface area contributed by atoms with Crippen molar-refractivity contribution in [2.45, 2.75) is 59.4 Å². The van der Waals surface area contributed by atoms with Crippen LogP contribution in [0.2, 0.25) is 0 Å². The van der Waals surface area contributed by atoms with Gasteiger partial charge in [0.05, 0.1) is 11.1 Å². The summed E-state index contributed by atoms with van der Waals surface area (Å²) in [5.41, 5.74) is 3.32. The topological polar surface area (TPSA) is 95.3 Å². The average molecular weight is 433 g/mol. The largest absolute Gasteiger partial charge is 0.407 e. The van der Waals surface area contributed by atoms with Gasteiger partial charge in [-0.3, -0.25) is 9.59 Å². The van der Waals surface area contributed by atoms with Gasteiger partial charge in [0.1, 0.15) is 5.56 Å². The van der Waals surface area contributed by atoms with Gasteiger partial charge in [0.2, 0.25) is 5.88 Å². The molecule has 0 N–H and O–H groups in total. The predicted molar refractivity (Wildman–Crippen MR) is 115 cm³/mol. The van der Waals surface area contributed by atoms with Crippen molar-refractivity contribution in [3.63, 3.8) is 0 Å². The standard InChI is InChI=1S/C22H28N2O5S/c1-8-11-24-22(29-16(6)25)18(12-23-24)21(26)17-9-10-19(30(7,27)28)20(15(17)5)14(4)13(2)3/h9-10,12H,8,11H2,1-7H3. The number of aryl methyl sites for hydroxylation is 1. The van der Waals surface area contributed by atoms with Gasteiger partial charge in [-0.1, -0.05) is 12.5 Å². The summed E-state index contributed by atoms with van der Waals surface area (Å²) in [6.07, 6.45) is 3.28. The Bertz CT molecular complexity index is 1140. The molecule has 0 spiro atoms. The number of hydrogen-bond donors (Lipinski definition) is 0. The van der Waals surface area contributed by atoms with E-state index in [0.29, 0.717) is 23.2 Å². The van der Waals surface area contributed by atoms with E-state index in [1.165, 1.54) is 29.9 Å². The number of rotatable bonds is 7. The molecule has 0 saturated heterocycles. The van der Waals surface area contributed by atoms with Crippen molar-refractivity contribution in [3.8, 4) is 5.88 Å². The summed E-state index contributed by atoms with van der Waals surface area (Å²) in [4.78, 5) is 25.1. The van der Waals surface area contributed by atoms with Crippen LogP contribution in [0.25, 0.3) is 5.57 Å². The van der Waals surface area contributed by atoms with Crippen molar-refractivity contribution in [3.05, 3.63) is 46.2 Å². The Morgan fingerprint density at radius 3 is 2.23 bits per heavy atom. The number of ketones is 1. The van der Waals surface area contributed by atoms with E-state index in [0.717, 1.165) is 23.8 Å². The van der Waals surface area contributed by atoms with Crippen molar-refractivity contribution < 1.29 is 22.7 Å². The van der Waals surface area contributed by atoms with Crippen LogP contribution in [0.15, 0.2) is 28.8 Å². The summed E-state index contributed by atoms with van der Waals surface area (Å²) >= 11 is 0. The third kappa shape index (κ3) is 4.70. The zero-order chi connectivity index (χ0) is 22.8. The Hall–Kier alpha value is -2.74. The van der Waals surface area contributed by atoms with Crippen LogP contribution in [0.1, 0.15) is 68.1 Å². The number of carbonyl (C=O) groups excluding carboxylic acids is 2. The van der Waals surface area contributed by atoms with Crippen LogP contribution in [-0.4, -0.2) is 36.2 Å². The van der Waals surface area contributed by atoms with E-state index in [1.54, 1.807) is 6.92 Å². The van der Waals surface area contributed by atoms with Crippen molar-refractivity contribution >= 4 is 27.2 Å². The van der Waals surface area contributed by atoms with Crippen LogP contribution in [0.4, 0.5) is 0 Å². The highest BCUT2D eigenvalue weighted by Gasteiger charge is 2.26. The maximum absolute atomic E-state index is 13.4. The van der Waals surface area contributed by atoms with Gasteiger partial charge in [-0.05, 0) is 62.9 Å². The first kappa shape index (κ1) is 23.5. The first-order valence-electron chi connectivity index (χ1n) is 9.67. The summed E-state index contributed by atoms with van der Waals surface area (Å²) in [5, 5.41) is 4.19. The summed E-state index contributed by atoms with van der Waals surface area (Å²) in [6.45, 7) is 11.1. The van der Waals surface area contributed by atoms with Crippen LogP contribution >= 0.6 is 0 Å². The molecule has 0 aliphatic heterocycles. The van der Waals surface area contributed by atoms with E-state index in [1.807, 2.05) is 27.7 Å². The molecule has 0 radical (unpaired) electrons. The quantitative estimate of drug-likeness (QED) is 0.485. The number of allylic oxidation sites excluding steroid dienone is 2. The Kier molecular flexibility index (Phi) is 7.02. The molecule has 8 heteroatoms. The molecule has 0 aliphatic carbocycles. The van der Waals surface area contributed by atoms with E-state index in [9.17, 15) is 18.0 Å². The zero-order valence-electron chi connectivity index (χ0n) is 18.5. The summed E-state index contributed by atoms with van der Waals surface area (Å²) < 4.78 is 31.5. The second-order valence-corrected chi connectivity index (χ2v) is 9.50. The lowest BCUT2D eigenvalue weighted by molar-refractivity contribution is -0.132. The third-order valence-electron chi connectivity index (χ3n) is 4.91. The van der Waals surface area contributed by atoms with Crippen LogP contribution in [0.5, 0.6) is 5.88 Å². The van der Waals surface area contributed by atoms with Crippen molar-refractivity contribution in [1.82, 2.24) is 9.78 Å². The Balaban J connectivity index is 2.75. The minimum atomic E-state index is -3.50. The molecule has 162 valence electrons. The monoisotopic (exact) mass is 432 g/mol. The van der Waals surface area contributed by atoms with Gasteiger partial charge in [-0.15, -0.1) is 0 Å². The van der Waals surface area contributed by atoms with E-state index in [-0.39, 0.29) is 22.1 Å². The molecule has 2 rings (SSSR count). The van der Waals surface area contributed by atoms with Crippen LogP contribution < -0.4 is 4.74 Å². The van der Waals surface area contributed by atoms with E-state index in [4.69, 9.17) is 4.74 Å². The molecule has 7 nitrogen and oxygen atoms in total. The maximum Gasteiger partial charge on any atom is 0.309 e. The highest BCUT2D eigenvalue weighted by molar-refractivity contribution is 7.90. The lowest BCUT2D eigenvalue weighted by Crippen LogP contribution is -2.14. The first-order chi connectivity index (χ1) is 13.9. The SMILES string of the molecule is CCCn1ncc(C(=O)c2ccc(S(C)(=O)=O)c(C(C)=C(C)C)c2C)c1OC(C)=O. The number of carbonyl (C=O) groups is 2. The molecular formula is C22H28N2O5S. The minimum absolute atomic E-state index is 0.0985. The molecule has 0 unspecified atom stereocenters. The lowest BCUT2D eigenvalue weighted by Gasteiger charge is -2.17. The Labute approximate surface area is 177 Å². The second-order valence-electron chi connectivity index (χ2n) is 7.52. The van der Waals surface area contributed by atoms with E-state index in [2.05, 4.69) is 5.10 Å². The van der Waals surface area contributed by atoms with Gasteiger partial charge >= 0.3 is 5.97 Å². The van der Waals surface area contributed by atoms with Crippen molar-refractivity contribution in [2.75, 3.05) is 6.26 Å². The molecule has 1 aromatic carbocycles. The number of ether oxygens (including phenoxy) is 1. The Morgan fingerprint density at radius 2 is 1.73 bits per heavy atom. The van der Waals surface area contributed by atoms with Gasteiger partial charge in [-0.2, -0.15) is 5.10 Å². The average Bonchev–Trinajstić information content (AvgIpc) is 3.01. The molecule has 0 saturated carbocycles. The molecule has 0 atom stereocenters. The van der Waals surface area contributed by atoms with Crippen molar-refractivity contribution in [2.24, 2.45) is 0 Å². The second kappa shape index (κ2) is 8.95. The van der Waals surface area contributed by atoms with Gasteiger partial charge < -0.3 is 4.74 Å². The smallest absolute Gasteiger partial charge is 0.309 e. The fraction of sp³-hybridized carbons (Fsp3) is 0.409. The summed E-state index contributed by atoms with van der Waals surface area (Å²) in [5.74, 6) is -0.831. The van der Waals surface area contributed by atoms with Crippen LogP contribution in [0.3, 0.4) is 0 Å². The normalized spacial score (nSPS) is 11.3. The zero-order valence-corrected chi connectivity index (χ0v) is 19.3. The first-order valence-corrected chi connectivity index (χ1v) is 11.6. The fourth-order valence-electron chi connectivity index (χ4n) is 3.25. The number of nitrogens with zero attached hydrogens (tertiary/aromatic N) is 2. The fourth-order valence-corrected chi connectivity index (χ4v) is 4.24. The molecule has 1 heterocycles. The predicted octanol–water partition coefficient (Wildman–Crippen LogP) is 3.97. The van der Waals surface area contributed by atoms with Crippen molar-refractivity contribution in [1.29, 1.82) is 0 Å². The number of aromatic nitrogens is 2. The van der Waals surface area contributed by atoms with Crippen LogP contribution in [0, 0.1) is 6.92 Å². The number of sulfone groups is 1. The molecule has 0 fully saturated rings. The van der Waals surface area contributed by atoms with Gasteiger partial charge in [0, 0.05) is 25.3 Å². The maximum atomic E-state index is 13.4.